The number of esters is 1. The summed E-state index contributed by atoms with van der Waals surface area (Å²) >= 11 is 0. The van der Waals surface area contributed by atoms with Crippen LogP contribution in [0.3, 0.4) is 0 Å². The number of nitrogens with zero attached hydrogens (tertiary/aromatic N) is 1. The summed E-state index contributed by atoms with van der Waals surface area (Å²) in [6.07, 6.45) is 1.75. The number of hydrogen-bond acceptors (Lipinski definition) is 5. The molecule has 0 aliphatic carbocycles. The lowest BCUT2D eigenvalue weighted by Crippen LogP contribution is -2.48. The zero-order valence-corrected chi connectivity index (χ0v) is 20.3. The fourth-order valence-electron chi connectivity index (χ4n) is 3.65. The molecule has 0 unspecified atom stereocenters. The molecule has 1 atom stereocenters. The molecule has 0 spiro atoms. The minimum absolute atomic E-state index is 0.154. The number of halogens is 1. The van der Waals surface area contributed by atoms with Crippen molar-refractivity contribution in [1.29, 1.82) is 0 Å². The van der Waals surface area contributed by atoms with Gasteiger partial charge in [0.2, 0.25) is 0 Å². The van der Waals surface area contributed by atoms with Crippen LogP contribution in [-0.4, -0.2) is 61.1 Å². The van der Waals surface area contributed by atoms with E-state index in [-0.39, 0.29) is 13.0 Å². The third kappa shape index (κ3) is 8.77. The highest BCUT2D eigenvalue weighted by Gasteiger charge is 2.36. The number of amides is 1. The van der Waals surface area contributed by atoms with Crippen molar-refractivity contribution >= 4 is 12.1 Å². The number of benzene rings is 1. The van der Waals surface area contributed by atoms with E-state index in [9.17, 15) is 14.0 Å². The first-order valence-corrected chi connectivity index (χ1v) is 11.3. The monoisotopic (exact) mass is 451 g/mol. The molecule has 1 amide bonds. The van der Waals surface area contributed by atoms with Crippen molar-refractivity contribution in [2.75, 3.05) is 26.9 Å². The predicted molar refractivity (Wildman–Crippen MR) is 121 cm³/mol. The lowest BCUT2D eigenvalue weighted by atomic mass is 9.91. The van der Waals surface area contributed by atoms with Crippen LogP contribution in [0.15, 0.2) is 24.3 Å². The van der Waals surface area contributed by atoms with Gasteiger partial charge in [0, 0.05) is 33.1 Å². The Balaban J connectivity index is 1.93. The maximum Gasteiger partial charge on any atom is 0.410 e. The van der Waals surface area contributed by atoms with E-state index in [1.807, 2.05) is 12.1 Å². The Morgan fingerprint density at radius 1 is 1.12 bits per heavy atom. The molecule has 32 heavy (non-hydrogen) atoms. The van der Waals surface area contributed by atoms with Crippen molar-refractivity contribution < 1.29 is 28.2 Å². The van der Waals surface area contributed by atoms with Crippen LogP contribution in [-0.2, 0) is 25.4 Å². The Morgan fingerprint density at radius 2 is 1.72 bits per heavy atom. The lowest BCUT2D eigenvalue weighted by Gasteiger charge is -2.31. The van der Waals surface area contributed by atoms with Gasteiger partial charge in [0.15, 0.2) is 0 Å². The Kier molecular flexibility index (Phi) is 9.08. The van der Waals surface area contributed by atoms with Crippen molar-refractivity contribution in [3.05, 3.63) is 35.4 Å². The standard InChI is InChI=1S/C25H38FNO5/c1-24(2,3)32-23(29)27(6)21(17-25(4,5)26)22(28)31-16-11-18-7-9-19(10-8-18)20-12-14-30-15-13-20/h7-10,20-21H,11-17H2,1-6H3/t21-/m0/s1. The number of alkyl halides is 1. The molecule has 1 aromatic carbocycles. The van der Waals surface area contributed by atoms with E-state index in [0.717, 1.165) is 36.5 Å². The molecule has 180 valence electrons. The third-order valence-corrected chi connectivity index (χ3v) is 5.41. The first-order chi connectivity index (χ1) is 14.9. The van der Waals surface area contributed by atoms with Crippen molar-refractivity contribution in [3.8, 4) is 0 Å². The van der Waals surface area contributed by atoms with Crippen molar-refractivity contribution in [3.63, 3.8) is 0 Å². The first-order valence-electron chi connectivity index (χ1n) is 11.3. The molecular formula is C25H38FNO5. The minimum atomic E-state index is -1.65. The molecule has 0 bridgehead atoms. The number of likely N-dealkylation sites (N-methyl/N-ethyl adjacent to an activating group) is 1. The van der Waals surface area contributed by atoms with Crippen LogP contribution >= 0.6 is 0 Å². The maximum atomic E-state index is 14.3. The van der Waals surface area contributed by atoms with Crippen LogP contribution in [0.5, 0.6) is 0 Å². The molecule has 2 rings (SSSR count). The van der Waals surface area contributed by atoms with Crippen LogP contribution < -0.4 is 0 Å². The van der Waals surface area contributed by atoms with Gasteiger partial charge >= 0.3 is 12.1 Å². The van der Waals surface area contributed by atoms with Crippen LogP contribution in [0.1, 0.15) is 70.9 Å². The molecule has 1 fully saturated rings. The predicted octanol–water partition coefficient (Wildman–Crippen LogP) is 5.04. The summed E-state index contributed by atoms with van der Waals surface area (Å²) in [4.78, 5) is 26.3. The number of ether oxygens (including phenoxy) is 3. The van der Waals surface area contributed by atoms with Gasteiger partial charge in [-0.15, -0.1) is 0 Å². The molecule has 1 aromatic rings. The van der Waals surface area contributed by atoms with Crippen molar-refractivity contribution in [2.24, 2.45) is 0 Å². The topological polar surface area (TPSA) is 65.1 Å². The number of hydrogen-bond donors (Lipinski definition) is 0. The smallest absolute Gasteiger partial charge is 0.410 e. The minimum Gasteiger partial charge on any atom is -0.464 e. The summed E-state index contributed by atoms with van der Waals surface area (Å²) in [6.45, 7) is 9.70. The molecule has 1 saturated heterocycles. The van der Waals surface area contributed by atoms with E-state index in [4.69, 9.17) is 14.2 Å². The third-order valence-electron chi connectivity index (χ3n) is 5.41. The quantitative estimate of drug-likeness (QED) is 0.518. The van der Waals surface area contributed by atoms with E-state index in [2.05, 4.69) is 12.1 Å². The number of carbonyl (C=O) groups is 2. The van der Waals surface area contributed by atoms with Crippen molar-refractivity contribution in [2.45, 2.75) is 83.5 Å². The molecule has 1 aliphatic heterocycles. The van der Waals surface area contributed by atoms with Gasteiger partial charge in [0.25, 0.3) is 0 Å². The normalized spacial score (nSPS) is 16.3. The highest BCUT2D eigenvalue weighted by Crippen LogP contribution is 2.27. The fourth-order valence-corrected chi connectivity index (χ4v) is 3.65. The first kappa shape index (κ1) is 26.1. The lowest BCUT2D eigenvalue weighted by molar-refractivity contribution is -0.150. The van der Waals surface area contributed by atoms with E-state index in [1.54, 1.807) is 20.8 Å². The average Bonchev–Trinajstić information content (AvgIpc) is 2.70. The van der Waals surface area contributed by atoms with Crippen LogP contribution in [0.4, 0.5) is 9.18 Å². The SMILES string of the molecule is CN(C(=O)OC(C)(C)C)[C@@H](CC(C)(C)F)C(=O)OCCc1ccc(C2CCOCC2)cc1. The summed E-state index contributed by atoms with van der Waals surface area (Å²) in [6, 6.07) is 7.28. The highest BCUT2D eigenvalue weighted by atomic mass is 19.1. The van der Waals surface area contributed by atoms with Gasteiger partial charge in [-0.1, -0.05) is 24.3 Å². The Morgan fingerprint density at radius 3 is 2.25 bits per heavy atom. The van der Waals surface area contributed by atoms with Crippen molar-refractivity contribution in [1.82, 2.24) is 4.90 Å². The largest absolute Gasteiger partial charge is 0.464 e. The number of rotatable bonds is 8. The van der Waals surface area contributed by atoms with Gasteiger partial charge in [-0.3, -0.25) is 4.90 Å². The molecule has 0 aromatic heterocycles. The molecule has 1 heterocycles. The summed E-state index contributed by atoms with van der Waals surface area (Å²) < 4.78 is 30.5. The Labute approximate surface area is 191 Å². The van der Waals surface area contributed by atoms with Crippen LogP contribution in [0.2, 0.25) is 0 Å². The summed E-state index contributed by atoms with van der Waals surface area (Å²) in [5, 5.41) is 0. The second kappa shape index (κ2) is 11.1. The zero-order valence-electron chi connectivity index (χ0n) is 20.3. The van der Waals surface area contributed by atoms with Gasteiger partial charge in [0.1, 0.15) is 17.3 Å². The van der Waals surface area contributed by atoms with E-state index in [0.29, 0.717) is 12.3 Å². The number of carbonyl (C=O) groups excluding carboxylic acids is 2. The molecule has 1 aliphatic rings. The van der Waals surface area contributed by atoms with Crippen LogP contribution in [0, 0.1) is 0 Å². The molecular weight excluding hydrogens is 413 g/mol. The molecule has 0 saturated carbocycles. The summed E-state index contributed by atoms with van der Waals surface area (Å²) in [5.74, 6) is -0.105. The van der Waals surface area contributed by atoms with E-state index < -0.39 is 29.4 Å². The summed E-state index contributed by atoms with van der Waals surface area (Å²) in [5.41, 5.74) is -0.0170. The average molecular weight is 452 g/mol. The maximum absolute atomic E-state index is 14.3. The van der Waals surface area contributed by atoms with E-state index >= 15 is 0 Å². The zero-order chi connectivity index (χ0) is 23.9. The second-order valence-electron chi connectivity index (χ2n) is 10.1. The van der Waals surface area contributed by atoms with Gasteiger partial charge in [0.05, 0.1) is 6.61 Å². The second-order valence-corrected chi connectivity index (χ2v) is 10.1. The fraction of sp³-hybridized carbons (Fsp3) is 0.680. The molecule has 0 N–H and O–H groups in total. The van der Waals surface area contributed by atoms with E-state index in [1.165, 1.54) is 26.5 Å². The van der Waals surface area contributed by atoms with Gasteiger partial charge < -0.3 is 14.2 Å². The van der Waals surface area contributed by atoms with Gasteiger partial charge in [-0.25, -0.2) is 14.0 Å². The summed E-state index contributed by atoms with van der Waals surface area (Å²) in [7, 11) is 1.43. The Hall–Kier alpha value is -2.15. The Bertz CT molecular complexity index is 745. The molecule has 6 nitrogen and oxygen atoms in total. The molecule has 7 heteroatoms. The van der Waals surface area contributed by atoms with Gasteiger partial charge in [-0.2, -0.15) is 0 Å². The van der Waals surface area contributed by atoms with Crippen LogP contribution in [0.25, 0.3) is 0 Å². The molecule has 0 radical (unpaired) electrons. The van der Waals surface area contributed by atoms with Gasteiger partial charge in [-0.05, 0) is 64.5 Å². The highest BCUT2D eigenvalue weighted by molar-refractivity contribution is 5.81.